The predicted molar refractivity (Wildman–Crippen MR) is 108 cm³/mol. The Kier molecular flexibility index (Phi) is 5.10. The number of hydrogen-bond acceptors (Lipinski definition) is 5. The lowest BCUT2D eigenvalue weighted by Gasteiger charge is -2.28. The summed E-state index contributed by atoms with van der Waals surface area (Å²) in [6.45, 7) is 4.45. The fourth-order valence-electron chi connectivity index (χ4n) is 4.08. The van der Waals surface area contributed by atoms with E-state index in [2.05, 4.69) is 33.6 Å². The van der Waals surface area contributed by atoms with E-state index in [0.717, 1.165) is 41.7 Å². The second-order valence-electron chi connectivity index (χ2n) is 7.77. The van der Waals surface area contributed by atoms with Crippen molar-refractivity contribution in [1.82, 2.24) is 14.5 Å². The lowest BCUT2D eigenvalue weighted by Crippen LogP contribution is -2.31. The van der Waals surface area contributed by atoms with E-state index in [-0.39, 0.29) is 13.2 Å². The zero-order valence-electron chi connectivity index (χ0n) is 16.4. The number of hydrogen-bond donors (Lipinski definition) is 2. The molecule has 0 bridgehead atoms. The number of aliphatic hydroxyl groups is 2. The molecule has 6 nitrogen and oxygen atoms in total. The average Bonchev–Trinajstić information content (AvgIpc) is 2.99. The molecule has 3 heterocycles. The van der Waals surface area contributed by atoms with E-state index >= 15 is 0 Å². The second kappa shape index (κ2) is 7.54. The lowest BCUT2D eigenvalue weighted by molar-refractivity contribution is 0.0381. The monoisotopic (exact) mass is 381 g/mol. The molecule has 6 heteroatoms. The Morgan fingerprint density at radius 3 is 2.89 bits per heavy atom. The van der Waals surface area contributed by atoms with Crippen molar-refractivity contribution in [2.45, 2.75) is 32.0 Å². The summed E-state index contributed by atoms with van der Waals surface area (Å²) in [6, 6.07) is 9.81. The molecular formula is C22H27N3O3. The zero-order valence-corrected chi connectivity index (χ0v) is 16.4. The first-order valence-corrected chi connectivity index (χ1v) is 9.68. The first kappa shape index (κ1) is 18.9. The summed E-state index contributed by atoms with van der Waals surface area (Å²) in [5.41, 5.74) is 3.45. The molecule has 1 aromatic carbocycles. The van der Waals surface area contributed by atoms with Gasteiger partial charge in [-0.1, -0.05) is 6.07 Å². The Bertz CT molecular complexity index is 966. The number of ether oxygens (including phenoxy) is 1. The molecule has 0 amide bonds. The van der Waals surface area contributed by atoms with Crippen LogP contribution in [0.4, 0.5) is 0 Å². The van der Waals surface area contributed by atoms with Crippen molar-refractivity contribution in [1.29, 1.82) is 0 Å². The van der Waals surface area contributed by atoms with Crippen molar-refractivity contribution in [2.75, 3.05) is 26.8 Å². The van der Waals surface area contributed by atoms with Crippen molar-refractivity contribution in [2.24, 2.45) is 0 Å². The maximum atomic E-state index is 11.2. The summed E-state index contributed by atoms with van der Waals surface area (Å²) in [5.74, 6) is 0.758. The Balaban J connectivity index is 1.79. The summed E-state index contributed by atoms with van der Waals surface area (Å²) in [6.07, 6.45) is 4.39. The van der Waals surface area contributed by atoms with Gasteiger partial charge in [0.2, 0.25) is 0 Å². The Labute approximate surface area is 165 Å². The zero-order chi connectivity index (χ0) is 19.7. The fraction of sp³-hybridized carbons (Fsp3) is 0.409. The number of fused-ring (bicyclic) bond motifs is 3. The maximum absolute atomic E-state index is 11.2. The molecule has 0 saturated heterocycles. The van der Waals surface area contributed by atoms with Gasteiger partial charge in [-0.15, -0.1) is 0 Å². The van der Waals surface area contributed by atoms with Gasteiger partial charge in [0.15, 0.2) is 0 Å². The topological polar surface area (TPSA) is 70.8 Å². The van der Waals surface area contributed by atoms with E-state index in [0.29, 0.717) is 6.54 Å². The SMILES string of the molecule is CN1CCc2c(c3cc(OCCO)ccc3n2CC(C)(O)c2cccnc2)C1. The number of benzene rings is 1. The molecule has 0 saturated carbocycles. The van der Waals surface area contributed by atoms with Crippen LogP contribution < -0.4 is 4.74 Å². The second-order valence-corrected chi connectivity index (χ2v) is 7.77. The van der Waals surface area contributed by atoms with Gasteiger partial charge in [0, 0.05) is 54.1 Å². The summed E-state index contributed by atoms with van der Waals surface area (Å²) < 4.78 is 7.88. The molecule has 0 radical (unpaired) electrons. The first-order valence-electron chi connectivity index (χ1n) is 9.68. The summed E-state index contributed by atoms with van der Waals surface area (Å²) in [4.78, 5) is 6.48. The summed E-state index contributed by atoms with van der Waals surface area (Å²) in [7, 11) is 2.13. The molecule has 2 N–H and O–H groups in total. The van der Waals surface area contributed by atoms with Crippen molar-refractivity contribution >= 4 is 10.9 Å². The molecule has 0 fully saturated rings. The van der Waals surface area contributed by atoms with E-state index in [9.17, 15) is 5.11 Å². The third kappa shape index (κ3) is 3.51. The van der Waals surface area contributed by atoms with Crippen LogP contribution in [-0.2, 0) is 25.1 Å². The van der Waals surface area contributed by atoms with Gasteiger partial charge in [-0.3, -0.25) is 4.98 Å². The number of aromatic nitrogens is 2. The molecule has 3 aromatic rings. The van der Waals surface area contributed by atoms with Crippen LogP contribution in [0.25, 0.3) is 10.9 Å². The molecule has 2 aromatic heterocycles. The highest BCUT2D eigenvalue weighted by atomic mass is 16.5. The highest BCUT2D eigenvalue weighted by molar-refractivity contribution is 5.87. The van der Waals surface area contributed by atoms with E-state index in [4.69, 9.17) is 9.84 Å². The van der Waals surface area contributed by atoms with Crippen molar-refractivity contribution in [3.8, 4) is 5.75 Å². The molecule has 0 spiro atoms. The molecular weight excluding hydrogens is 354 g/mol. The minimum absolute atomic E-state index is 0.00608. The maximum Gasteiger partial charge on any atom is 0.120 e. The average molecular weight is 381 g/mol. The van der Waals surface area contributed by atoms with E-state index in [1.165, 1.54) is 11.3 Å². The van der Waals surface area contributed by atoms with Gasteiger partial charge in [0.25, 0.3) is 0 Å². The smallest absolute Gasteiger partial charge is 0.120 e. The molecule has 1 aliphatic rings. The van der Waals surface area contributed by atoms with Crippen molar-refractivity contribution < 1.29 is 14.9 Å². The van der Waals surface area contributed by atoms with Crippen LogP contribution in [0.15, 0.2) is 42.7 Å². The number of pyridine rings is 1. The number of rotatable bonds is 6. The van der Waals surface area contributed by atoms with Crippen LogP contribution in [0.5, 0.6) is 5.75 Å². The molecule has 28 heavy (non-hydrogen) atoms. The van der Waals surface area contributed by atoms with Crippen LogP contribution in [0.1, 0.15) is 23.7 Å². The predicted octanol–water partition coefficient (Wildman–Crippen LogP) is 2.30. The van der Waals surface area contributed by atoms with Crippen LogP contribution >= 0.6 is 0 Å². The van der Waals surface area contributed by atoms with Gasteiger partial charge in [-0.05, 0) is 43.8 Å². The van der Waals surface area contributed by atoms with Gasteiger partial charge in [0.1, 0.15) is 18.0 Å². The third-order valence-corrected chi connectivity index (χ3v) is 5.53. The van der Waals surface area contributed by atoms with E-state index in [1.54, 1.807) is 12.4 Å². The van der Waals surface area contributed by atoms with Gasteiger partial charge in [0.05, 0.1) is 13.2 Å². The quantitative estimate of drug-likeness (QED) is 0.686. The van der Waals surface area contributed by atoms with Crippen LogP contribution in [0.2, 0.25) is 0 Å². The summed E-state index contributed by atoms with van der Waals surface area (Å²) in [5, 5.41) is 21.4. The molecule has 0 aliphatic carbocycles. The van der Waals surface area contributed by atoms with Gasteiger partial charge in [-0.25, -0.2) is 0 Å². The minimum atomic E-state index is -1.02. The van der Waals surface area contributed by atoms with Gasteiger partial charge >= 0.3 is 0 Å². The minimum Gasteiger partial charge on any atom is -0.491 e. The van der Waals surface area contributed by atoms with Crippen LogP contribution in [-0.4, -0.2) is 51.5 Å². The largest absolute Gasteiger partial charge is 0.491 e. The van der Waals surface area contributed by atoms with E-state index in [1.807, 2.05) is 25.1 Å². The van der Waals surface area contributed by atoms with E-state index < -0.39 is 5.60 Å². The number of aliphatic hydroxyl groups excluding tert-OH is 1. The van der Waals surface area contributed by atoms with Crippen LogP contribution in [0.3, 0.4) is 0 Å². The Morgan fingerprint density at radius 1 is 1.29 bits per heavy atom. The van der Waals surface area contributed by atoms with Gasteiger partial charge in [-0.2, -0.15) is 0 Å². The first-order chi connectivity index (χ1) is 13.5. The highest BCUT2D eigenvalue weighted by Crippen LogP contribution is 2.35. The fourth-order valence-corrected chi connectivity index (χ4v) is 4.08. The normalized spacial score (nSPS) is 16.7. The number of likely N-dealkylation sites (N-methyl/N-ethyl adjacent to an activating group) is 1. The molecule has 148 valence electrons. The molecule has 4 rings (SSSR count). The summed E-state index contributed by atoms with van der Waals surface area (Å²) >= 11 is 0. The Morgan fingerprint density at radius 2 is 2.14 bits per heavy atom. The Hall–Kier alpha value is -2.41. The highest BCUT2D eigenvalue weighted by Gasteiger charge is 2.29. The van der Waals surface area contributed by atoms with Crippen LogP contribution in [0, 0.1) is 0 Å². The lowest BCUT2D eigenvalue weighted by atomic mass is 9.97. The molecule has 1 atom stereocenters. The van der Waals surface area contributed by atoms with Crippen molar-refractivity contribution in [3.05, 3.63) is 59.5 Å². The standard InChI is InChI=1S/C22H27N3O3/c1-22(27,16-4-3-8-23-13-16)15-25-20-6-5-17(28-11-10-26)12-18(20)19-14-24(2)9-7-21(19)25/h3-6,8,12-13,26-27H,7,9-11,14-15H2,1-2H3. The molecule has 1 unspecified atom stereocenters. The van der Waals surface area contributed by atoms with Gasteiger partial charge < -0.3 is 24.4 Å². The third-order valence-electron chi connectivity index (χ3n) is 5.53. The molecule has 1 aliphatic heterocycles. The number of nitrogens with zero attached hydrogens (tertiary/aromatic N) is 3. The van der Waals surface area contributed by atoms with Crippen molar-refractivity contribution in [3.63, 3.8) is 0 Å².